The maximum Gasteiger partial charge on any atom is 0.247 e. The fourth-order valence-electron chi connectivity index (χ4n) is 3.43. The molecule has 168 valence electrons. The first-order valence-corrected chi connectivity index (χ1v) is 11.8. The molecule has 0 radical (unpaired) electrons. The van der Waals surface area contributed by atoms with E-state index in [0.717, 1.165) is 27.1 Å². The summed E-state index contributed by atoms with van der Waals surface area (Å²) in [5, 5.41) is 1.88. The number of hydrogen-bond donors (Lipinski definition) is 0. The Morgan fingerprint density at radius 3 is 2.03 bits per heavy atom. The Morgan fingerprint density at radius 2 is 1.47 bits per heavy atom. The Hall–Kier alpha value is -3.39. The molecule has 0 fully saturated rings. The van der Waals surface area contributed by atoms with E-state index in [-0.39, 0.29) is 11.6 Å². The number of hydrogen-bond acceptors (Lipinski definition) is 5. The highest BCUT2D eigenvalue weighted by atomic mass is 32.2. The molecule has 0 saturated carbocycles. The van der Waals surface area contributed by atoms with Gasteiger partial charge in [-0.1, -0.05) is 24.3 Å². The molecule has 0 aliphatic heterocycles. The van der Waals surface area contributed by atoms with Gasteiger partial charge in [-0.25, -0.2) is 12.7 Å². The predicted molar refractivity (Wildman–Crippen MR) is 127 cm³/mol. The number of benzene rings is 3. The average molecular weight is 455 g/mol. The Kier molecular flexibility index (Phi) is 6.55. The molecule has 0 saturated heterocycles. The van der Waals surface area contributed by atoms with Gasteiger partial charge >= 0.3 is 0 Å². The summed E-state index contributed by atoms with van der Waals surface area (Å²) in [6.07, 6.45) is 1.000. The van der Waals surface area contributed by atoms with Crippen molar-refractivity contribution in [3.8, 4) is 5.75 Å². The molecule has 7 nitrogen and oxygen atoms in total. The van der Waals surface area contributed by atoms with Gasteiger partial charge in [0, 0.05) is 19.7 Å². The maximum atomic E-state index is 13.3. The second-order valence-electron chi connectivity index (χ2n) is 7.65. The molecule has 0 aliphatic rings. The van der Waals surface area contributed by atoms with Gasteiger partial charge < -0.3 is 9.64 Å². The van der Waals surface area contributed by atoms with Crippen LogP contribution in [-0.4, -0.2) is 40.6 Å². The first kappa shape index (κ1) is 23.3. The van der Waals surface area contributed by atoms with E-state index in [2.05, 4.69) is 0 Å². The lowest BCUT2D eigenvalue weighted by Crippen LogP contribution is -2.38. The van der Waals surface area contributed by atoms with E-state index in [4.69, 9.17) is 4.74 Å². The molecule has 32 heavy (non-hydrogen) atoms. The molecule has 0 N–H and O–H groups in total. The number of carbonyl (C=O) groups excluding carboxylic acids is 2. The predicted octanol–water partition coefficient (Wildman–Crippen LogP) is 3.93. The highest BCUT2D eigenvalue weighted by molar-refractivity contribution is 7.92. The Bertz CT molecular complexity index is 1270. The molecule has 3 aromatic carbocycles. The van der Waals surface area contributed by atoms with Gasteiger partial charge in [0.15, 0.2) is 0 Å². The van der Waals surface area contributed by atoms with Gasteiger partial charge in [-0.15, -0.1) is 0 Å². The highest BCUT2D eigenvalue weighted by Crippen LogP contribution is 2.29. The molecule has 0 bridgehead atoms. The van der Waals surface area contributed by atoms with E-state index >= 15 is 0 Å². The fourth-order valence-corrected chi connectivity index (χ4v) is 4.42. The van der Waals surface area contributed by atoms with Gasteiger partial charge in [0.1, 0.15) is 5.75 Å². The minimum Gasteiger partial charge on any atom is -0.497 e. The molecule has 0 aromatic heterocycles. The van der Waals surface area contributed by atoms with E-state index in [9.17, 15) is 18.0 Å². The van der Waals surface area contributed by atoms with Crippen molar-refractivity contribution in [2.45, 2.75) is 19.8 Å². The number of nitrogens with zero attached hydrogens (tertiary/aromatic N) is 2. The Morgan fingerprint density at radius 1 is 0.906 bits per heavy atom. The zero-order valence-electron chi connectivity index (χ0n) is 18.7. The fraction of sp³-hybridized carbons (Fsp3) is 0.250. The van der Waals surface area contributed by atoms with Crippen molar-refractivity contribution >= 4 is 44.0 Å². The molecule has 2 amide bonds. The van der Waals surface area contributed by atoms with Crippen LogP contribution in [0.2, 0.25) is 0 Å². The van der Waals surface area contributed by atoms with Crippen LogP contribution in [-0.2, 0) is 19.6 Å². The summed E-state index contributed by atoms with van der Waals surface area (Å²) in [6, 6.07) is 17.5. The Labute approximate surface area is 188 Å². The molecule has 0 heterocycles. The second kappa shape index (κ2) is 9.00. The van der Waals surface area contributed by atoms with E-state index in [1.54, 1.807) is 33.2 Å². The molecule has 1 unspecified atom stereocenters. The van der Waals surface area contributed by atoms with Crippen LogP contribution >= 0.6 is 0 Å². The van der Waals surface area contributed by atoms with E-state index in [1.807, 2.05) is 36.4 Å². The lowest BCUT2D eigenvalue weighted by atomic mass is 9.97. The standard InChI is InChI=1S/C24H26N2O5S/c1-16(18-6-7-20-15-23(31-4)13-8-19(20)14-18)24(28)26(32(5,29)30)22-11-9-21(10-12-22)25(3)17(2)27/h6-16H,1-5H3. The van der Waals surface area contributed by atoms with Crippen LogP contribution in [0.4, 0.5) is 11.4 Å². The van der Waals surface area contributed by atoms with Crippen molar-refractivity contribution in [1.29, 1.82) is 0 Å². The normalized spacial score (nSPS) is 12.3. The largest absolute Gasteiger partial charge is 0.497 e. The van der Waals surface area contributed by atoms with Gasteiger partial charge in [-0.2, -0.15) is 0 Å². The molecule has 1 atom stereocenters. The minimum absolute atomic E-state index is 0.156. The maximum absolute atomic E-state index is 13.3. The number of rotatable bonds is 6. The number of anilines is 2. The number of amides is 2. The molecule has 8 heteroatoms. The summed E-state index contributed by atoms with van der Waals surface area (Å²) in [4.78, 5) is 26.3. The zero-order valence-corrected chi connectivity index (χ0v) is 19.5. The van der Waals surface area contributed by atoms with E-state index in [1.165, 1.54) is 24.0 Å². The topological polar surface area (TPSA) is 84.0 Å². The first-order chi connectivity index (χ1) is 15.0. The van der Waals surface area contributed by atoms with Crippen LogP contribution in [0.3, 0.4) is 0 Å². The quantitative estimate of drug-likeness (QED) is 0.564. The number of ether oxygens (including phenoxy) is 1. The van der Waals surface area contributed by atoms with Gasteiger partial charge in [0.25, 0.3) is 0 Å². The van der Waals surface area contributed by atoms with E-state index < -0.39 is 21.8 Å². The third-order valence-corrected chi connectivity index (χ3v) is 6.47. The average Bonchev–Trinajstić information content (AvgIpc) is 2.76. The second-order valence-corrected chi connectivity index (χ2v) is 9.49. The lowest BCUT2D eigenvalue weighted by Gasteiger charge is -2.25. The Balaban J connectivity index is 1.95. The summed E-state index contributed by atoms with van der Waals surface area (Å²) < 4.78 is 31.1. The van der Waals surface area contributed by atoms with E-state index in [0.29, 0.717) is 11.3 Å². The van der Waals surface area contributed by atoms with Crippen LogP contribution in [0.1, 0.15) is 25.3 Å². The zero-order chi connectivity index (χ0) is 23.6. The van der Waals surface area contributed by atoms with Crippen LogP contribution in [0, 0.1) is 0 Å². The third-order valence-electron chi connectivity index (χ3n) is 5.42. The summed E-state index contributed by atoms with van der Waals surface area (Å²) >= 11 is 0. The molecule has 3 aromatic rings. The van der Waals surface area contributed by atoms with Crippen molar-refractivity contribution in [3.05, 3.63) is 66.2 Å². The van der Waals surface area contributed by atoms with Crippen molar-refractivity contribution in [1.82, 2.24) is 0 Å². The van der Waals surface area contributed by atoms with Crippen LogP contribution in [0.25, 0.3) is 10.8 Å². The van der Waals surface area contributed by atoms with Crippen LogP contribution < -0.4 is 13.9 Å². The molecule has 0 aliphatic carbocycles. The first-order valence-electron chi connectivity index (χ1n) is 9.99. The molecular formula is C24H26N2O5S. The smallest absolute Gasteiger partial charge is 0.247 e. The summed E-state index contributed by atoms with van der Waals surface area (Å²) in [5.41, 5.74) is 1.52. The van der Waals surface area contributed by atoms with Gasteiger partial charge in [-0.05, 0) is 59.7 Å². The van der Waals surface area contributed by atoms with Gasteiger partial charge in [0.05, 0.1) is 25.0 Å². The molecular weight excluding hydrogens is 428 g/mol. The third kappa shape index (κ3) is 4.75. The minimum atomic E-state index is -3.88. The van der Waals surface area contributed by atoms with Crippen molar-refractivity contribution in [2.75, 3.05) is 29.6 Å². The van der Waals surface area contributed by atoms with Crippen molar-refractivity contribution < 1.29 is 22.7 Å². The van der Waals surface area contributed by atoms with Crippen LogP contribution in [0.15, 0.2) is 60.7 Å². The van der Waals surface area contributed by atoms with Crippen molar-refractivity contribution in [2.24, 2.45) is 0 Å². The summed E-state index contributed by atoms with van der Waals surface area (Å²) in [6.45, 7) is 3.12. The number of methoxy groups -OCH3 is 1. The molecule has 3 rings (SSSR count). The number of fused-ring (bicyclic) bond motifs is 1. The van der Waals surface area contributed by atoms with Gasteiger partial charge in [0.2, 0.25) is 21.8 Å². The summed E-state index contributed by atoms with van der Waals surface area (Å²) in [5.74, 6) is -0.684. The number of carbonyl (C=O) groups is 2. The van der Waals surface area contributed by atoms with Gasteiger partial charge in [-0.3, -0.25) is 9.59 Å². The monoisotopic (exact) mass is 454 g/mol. The van der Waals surface area contributed by atoms with Crippen LogP contribution in [0.5, 0.6) is 5.75 Å². The highest BCUT2D eigenvalue weighted by Gasteiger charge is 2.30. The SMILES string of the molecule is COc1ccc2cc(C(C)C(=O)N(c3ccc(N(C)C(C)=O)cc3)S(C)(=O)=O)ccc2c1. The lowest BCUT2D eigenvalue weighted by molar-refractivity contribution is -0.118. The number of sulfonamides is 1. The molecule has 0 spiro atoms. The van der Waals surface area contributed by atoms with Crippen molar-refractivity contribution in [3.63, 3.8) is 0 Å². The summed E-state index contributed by atoms with van der Waals surface area (Å²) in [7, 11) is -0.667.